The van der Waals surface area contributed by atoms with Crippen molar-refractivity contribution >= 4 is 23.5 Å². The second kappa shape index (κ2) is 8.53. The minimum atomic E-state index is 0.642. The van der Waals surface area contributed by atoms with E-state index in [9.17, 15) is 0 Å². The van der Waals surface area contributed by atoms with E-state index in [1.807, 2.05) is 47.1 Å². The van der Waals surface area contributed by atoms with Crippen molar-refractivity contribution in [2.45, 2.75) is 6.92 Å². The monoisotopic (exact) mass is 413 g/mol. The zero-order valence-corrected chi connectivity index (χ0v) is 17.3. The van der Waals surface area contributed by atoms with Gasteiger partial charge in [0.25, 0.3) is 0 Å². The summed E-state index contributed by atoms with van der Waals surface area (Å²) < 4.78 is 7.49. The number of aryl methyl sites for hydroxylation is 1. The van der Waals surface area contributed by atoms with E-state index in [4.69, 9.17) is 14.7 Å². The molecule has 0 bridgehead atoms. The van der Waals surface area contributed by atoms with Crippen LogP contribution < -0.4 is 10.3 Å². The number of pyridine rings is 1. The third-order valence-electron chi connectivity index (χ3n) is 5.09. The van der Waals surface area contributed by atoms with Gasteiger partial charge in [-0.25, -0.2) is 9.97 Å². The molecule has 8 heteroatoms. The number of nitrogens with zero attached hydrogens (tertiary/aromatic N) is 6. The first-order chi connectivity index (χ1) is 15.3. The molecule has 0 unspecified atom stereocenters. The van der Waals surface area contributed by atoms with E-state index in [2.05, 4.69) is 39.5 Å². The molecule has 1 N–H and O–H groups in total. The van der Waals surface area contributed by atoms with Crippen LogP contribution in [-0.4, -0.2) is 51.9 Å². The van der Waals surface area contributed by atoms with E-state index in [1.54, 1.807) is 12.4 Å². The Morgan fingerprint density at radius 3 is 2.74 bits per heavy atom. The lowest BCUT2D eigenvalue weighted by molar-refractivity contribution is 0.122. The van der Waals surface area contributed by atoms with E-state index in [1.165, 1.54) is 5.56 Å². The molecule has 0 aliphatic carbocycles. The standard InChI is InChI=1S/C23H23N7O/c1-17-5-4-6-18(13-17)14-25-28-21-16-30-15-20(19-7-2-3-8-24-19)26-22(30)23(27-21)29-9-11-31-12-10-29/h2-8,13-16,28H,9-12H2,1H3/b25-14+. The average Bonchev–Trinajstić information content (AvgIpc) is 3.24. The minimum Gasteiger partial charge on any atom is -0.378 e. The molecule has 0 spiro atoms. The summed E-state index contributed by atoms with van der Waals surface area (Å²) in [5.41, 5.74) is 7.71. The van der Waals surface area contributed by atoms with Crippen molar-refractivity contribution in [1.82, 2.24) is 19.4 Å². The van der Waals surface area contributed by atoms with Crippen LogP contribution in [0.1, 0.15) is 11.1 Å². The first-order valence-electron chi connectivity index (χ1n) is 10.3. The second-order valence-electron chi connectivity index (χ2n) is 7.41. The molecular formula is C23H23N7O. The highest BCUT2D eigenvalue weighted by atomic mass is 16.5. The lowest BCUT2D eigenvalue weighted by Gasteiger charge is -2.28. The molecule has 4 heterocycles. The minimum absolute atomic E-state index is 0.642. The van der Waals surface area contributed by atoms with Gasteiger partial charge < -0.3 is 9.64 Å². The van der Waals surface area contributed by atoms with Crippen LogP contribution in [0.25, 0.3) is 17.0 Å². The van der Waals surface area contributed by atoms with E-state index < -0.39 is 0 Å². The van der Waals surface area contributed by atoms with E-state index >= 15 is 0 Å². The van der Waals surface area contributed by atoms with Gasteiger partial charge in [0.15, 0.2) is 17.3 Å². The van der Waals surface area contributed by atoms with Gasteiger partial charge in [0.1, 0.15) is 5.69 Å². The van der Waals surface area contributed by atoms with Gasteiger partial charge in [0.2, 0.25) is 0 Å². The number of imidazole rings is 1. The van der Waals surface area contributed by atoms with Crippen molar-refractivity contribution in [1.29, 1.82) is 0 Å². The number of morpholine rings is 1. The Hall–Kier alpha value is -3.78. The number of rotatable bonds is 5. The summed E-state index contributed by atoms with van der Waals surface area (Å²) in [5, 5.41) is 4.38. The Balaban J connectivity index is 1.50. The summed E-state index contributed by atoms with van der Waals surface area (Å²) in [7, 11) is 0. The van der Waals surface area contributed by atoms with Crippen LogP contribution in [-0.2, 0) is 4.74 Å². The number of fused-ring (bicyclic) bond motifs is 1. The van der Waals surface area contributed by atoms with Crippen LogP contribution >= 0.6 is 0 Å². The molecule has 0 saturated carbocycles. The highest BCUT2D eigenvalue weighted by Gasteiger charge is 2.19. The number of hydrogen-bond donors (Lipinski definition) is 1. The molecule has 0 radical (unpaired) electrons. The Kier molecular flexibility index (Phi) is 5.28. The molecular weight excluding hydrogens is 390 g/mol. The first-order valence-corrected chi connectivity index (χ1v) is 10.3. The molecule has 0 atom stereocenters. The van der Waals surface area contributed by atoms with Crippen LogP contribution in [0.3, 0.4) is 0 Å². The smallest absolute Gasteiger partial charge is 0.181 e. The van der Waals surface area contributed by atoms with Gasteiger partial charge in [-0.05, 0) is 24.6 Å². The molecule has 0 amide bonds. The number of anilines is 2. The highest BCUT2D eigenvalue weighted by Crippen LogP contribution is 2.25. The molecule has 8 nitrogen and oxygen atoms in total. The normalized spacial score (nSPS) is 14.4. The topological polar surface area (TPSA) is 79.9 Å². The van der Waals surface area contributed by atoms with Crippen LogP contribution in [0.4, 0.5) is 11.6 Å². The summed E-state index contributed by atoms with van der Waals surface area (Å²) in [6, 6.07) is 14.0. The second-order valence-corrected chi connectivity index (χ2v) is 7.41. The predicted octanol–water partition coefficient (Wildman–Crippen LogP) is 3.38. The molecule has 1 fully saturated rings. The van der Waals surface area contributed by atoms with Gasteiger partial charge in [-0.3, -0.25) is 14.8 Å². The van der Waals surface area contributed by atoms with Crippen molar-refractivity contribution in [3.05, 3.63) is 72.2 Å². The van der Waals surface area contributed by atoms with E-state index in [0.29, 0.717) is 19.0 Å². The lowest BCUT2D eigenvalue weighted by Crippen LogP contribution is -2.37. The Morgan fingerprint density at radius 2 is 1.94 bits per heavy atom. The van der Waals surface area contributed by atoms with Gasteiger partial charge in [0.05, 0.1) is 31.3 Å². The molecule has 3 aromatic heterocycles. The van der Waals surface area contributed by atoms with Gasteiger partial charge >= 0.3 is 0 Å². The number of hydrazone groups is 1. The zero-order valence-electron chi connectivity index (χ0n) is 17.3. The van der Waals surface area contributed by atoms with Crippen molar-refractivity contribution in [2.75, 3.05) is 36.6 Å². The maximum Gasteiger partial charge on any atom is 0.181 e. The van der Waals surface area contributed by atoms with Crippen molar-refractivity contribution in [3.63, 3.8) is 0 Å². The maximum absolute atomic E-state index is 5.52. The molecule has 1 aromatic carbocycles. The molecule has 1 aliphatic rings. The van der Waals surface area contributed by atoms with Crippen LogP contribution in [0, 0.1) is 6.92 Å². The van der Waals surface area contributed by atoms with Crippen molar-refractivity contribution in [3.8, 4) is 11.4 Å². The van der Waals surface area contributed by atoms with Crippen LogP contribution in [0.15, 0.2) is 66.2 Å². The number of aromatic nitrogens is 4. The average molecular weight is 413 g/mol. The van der Waals surface area contributed by atoms with Crippen molar-refractivity contribution in [2.24, 2.45) is 5.10 Å². The van der Waals surface area contributed by atoms with Gasteiger partial charge in [-0.15, -0.1) is 0 Å². The summed E-state index contributed by atoms with van der Waals surface area (Å²) in [6.45, 7) is 4.94. The molecule has 4 aromatic rings. The fourth-order valence-electron chi connectivity index (χ4n) is 3.58. The zero-order chi connectivity index (χ0) is 21.0. The predicted molar refractivity (Wildman–Crippen MR) is 122 cm³/mol. The number of nitrogens with one attached hydrogen (secondary N) is 1. The fourth-order valence-corrected chi connectivity index (χ4v) is 3.58. The summed E-state index contributed by atoms with van der Waals surface area (Å²) in [6.07, 6.45) is 7.43. The van der Waals surface area contributed by atoms with Crippen LogP contribution in [0.5, 0.6) is 0 Å². The number of ether oxygens (including phenoxy) is 1. The number of hydrogen-bond acceptors (Lipinski definition) is 7. The Bertz CT molecular complexity index is 1210. The molecule has 31 heavy (non-hydrogen) atoms. The van der Waals surface area contributed by atoms with E-state index in [-0.39, 0.29) is 0 Å². The maximum atomic E-state index is 5.52. The van der Waals surface area contributed by atoms with Gasteiger partial charge in [0, 0.05) is 25.5 Å². The largest absolute Gasteiger partial charge is 0.378 e. The Morgan fingerprint density at radius 1 is 1.03 bits per heavy atom. The number of benzene rings is 1. The lowest BCUT2D eigenvalue weighted by atomic mass is 10.2. The van der Waals surface area contributed by atoms with E-state index in [0.717, 1.165) is 41.5 Å². The fraction of sp³-hybridized carbons (Fsp3) is 0.217. The summed E-state index contributed by atoms with van der Waals surface area (Å²) >= 11 is 0. The molecule has 156 valence electrons. The van der Waals surface area contributed by atoms with Crippen molar-refractivity contribution < 1.29 is 4.74 Å². The molecule has 1 saturated heterocycles. The summed E-state index contributed by atoms with van der Waals surface area (Å²) in [4.78, 5) is 16.3. The molecule has 5 rings (SSSR count). The van der Waals surface area contributed by atoms with Crippen LogP contribution in [0.2, 0.25) is 0 Å². The third kappa shape index (κ3) is 4.24. The quantitative estimate of drug-likeness (QED) is 0.399. The highest BCUT2D eigenvalue weighted by molar-refractivity contribution is 5.80. The Labute approximate surface area is 180 Å². The first kappa shape index (κ1) is 19.2. The third-order valence-corrected chi connectivity index (χ3v) is 5.09. The summed E-state index contributed by atoms with van der Waals surface area (Å²) in [5.74, 6) is 1.45. The van der Waals surface area contributed by atoms with Gasteiger partial charge in [-0.2, -0.15) is 5.10 Å². The SMILES string of the molecule is Cc1cccc(/C=N/Nc2cn3cc(-c4ccccn4)nc3c(N3CCOCC3)n2)c1. The van der Waals surface area contributed by atoms with Gasteiger partial charge in [-0.1, -0.05) is 35.9 Å². The molecule has 1 aliphatic heterocycles.